The molecule has 2 N–H and O–H groups in total. The average molecular weight is 274 g/mol. The molecule has 2 rings (SSSR count). The Morgan fingerprint density at radius 3 is 3.05 bits per heavy atom. The van der Waals surface area contributed by atoms with Gasteiger partial charge in [0, 0.05) is 18.3 Å². The first-order chi connectivity index (χ1) is 9.60. The second kappa shape index (κ2) is 6.57. The van der Waals surface area contributed by atoms with Crippen molar-refractivity contribution in [1.29, 1.82) is 0 Å². The molecule has 4 heteroatoms. The van der Waals surface area contributed by atoms with Crippen LogP contribution in [0.1, 0.15) is 25.8 Å². The molecule has 1 aromatic carbocycles. The molecule has 0 aromatic heterocycles. The minimum Gasteiger partial charge on any atom is -0.399 e. The lowest BCUT2D eigenvalue weighted by Crippen LogP contribution is -2.50. The van der Waals surface area contributed by atoms with Gasteiger partial charge in [-0.25, -0.2) is 0 Å². The van der Waals surface area contributed by atoms with E-state index in [1.807, 2.05) is 42.2 Å². The van der Waals surface area contributed by atoms with Gasteiger partial charge in [-0.05, 0) is 37.1 Å². The molecule has 0 spiro atoms. The molecule has 4 nitrogen and oxygen atoms in total. The average Bonchev–Trinajstić information content (AvgIpc) is 2.45. The number of nitrogens with two attached hydrogens (primary N) is 1. The predicted octanol–water partition coefficient (Wildman–Crippen LogP) is 2.31. The maximum absolute atomic E-state index is 12.3. The number of nitrogen functional groups attached to an aromatic ring is 1. The van der Waals surface area contributed by atoms with Gasteiger partial charge in [-0.3, -0.25) is 4.79 Å². The molecule has 1 aromatic rings. The van der Waals surface area contributed by atoms with Crippen LogP contribution >= 0.6 is 0 Å². The van der Waals surface area contributed by atoms with Crippen LogP contribution in [0.25, 0.3) is 6.08 Å². The van der Waals surface area contributed by atoms with E-state index in [-0.39, 0.29) is 18.1 Å². The third kappa shape index (κ3) is 3.61. The van der Waals surface area contributed by atoms with Gasteiger partial charge < -0.3 is 15.4 Å². The van der Waals surface area contributed by atoms with Crippen molar-refractivity contribution in [3.63, 3.8) is 0 Å². The lowest BCUT2D eigenvalue weighted by Gasteiger charge is -2.37. The number of carbonyl (C=O) groups is 1. The minimum absolute atomic E-state index is 0.0365. The summed E-state index contributed by atoms with van der Waals surface area (Å²) in [7, 11) is 0. The van der Waals surface area contributed by atoms with Gasteiger partial charge in [0.25, 0.3) is 0 Å². The van der Waals surface area contributed by atoms with E-state index in [1.54, 1.807) is 6.08 Å². The molecule has 20 heavy (non-hydrogen) atoms. The van der Waals surface area contributed by atoms with Gasteiger partial charge in [0.05, 0.1) is 18.8 Å². The Morgan fingerprint density at radius 1 is 1.55 bits per heavy atom. The van der Waals surface area contributed by atoms with Gasteiger partial charge >= 0.3 is 0 Å². The van der Waals surface area contributed by atoms with Crippen LogP contribution in [0, 0.1) is 0 Å². The second-order valence-electron chi connectivity index (χ2n) is 5.20. The van der Waals surface area contributed by atoms with E-state index in [1.165, 1.54) is 0 Å². The van der Waals surface area contributed by atoms with Crippen LogP contribution in [0.3, 0.4) is 0 Å². The van der Waals surface area contributed by atoms with Crippen molar-refractivity contribution in [3.8, 4) is 0 Å². The lowest BCUT2D eigenvalue weighted by molar-refractivity contribution is -0.138. The van der Waals surface area contributed by atoms with Gasteiger partial charge in [0.1, 0.15) is 0 Å². The first kappa shape index (κ1) is 14.6. The number of nitrogens with zero attached hydrogens (tertiary/aromatic N) is 1. The van der Waals surface area contributed by atoms with Crippen LogP contribution in [-0.2, 0) is 9.53 Å². The first-order valence-electron chi connectivity index (χ1n) is 7.06. The van der Waals surface area contributed by atoms with E-state index in [2.05, 4.69) is 6.92 Å². The summed E-state index contributed by atoms with van der Waals surface area (Å²) in [6, 6.07) is 7.66. The third-order valence-corrected chi connectivity index (χ3v) is 3.55. The normalized spacial score (nSPS) is 23.2. The molecule has 108 valence electrons. The van der Waals surface area contributed by atoms with E-state index in [4.69, 9.17) is 10.5 Å². The summed E-state index contributed by atoms with van der Waals surface area (Å²) in [5, 5.41) is 0. The molecule has 1 amide bonds. The number of hydrogen-bond acceptors (Lipinski definition) is 3. The van der Waals surface area contributed by atoms with E-state index >= 15 is 0 Å². The molecule has 2 unspecified atom stereocenters. The van der Waals surface area contributed by atoms with Crippen molar-refractivity contribution in [2.45, 2.75) is 32.4 Å². The van der Waals surface area contributed by atoms with Gasteiger partial charge in [-0.15, -0.1) is 0 Å². The molecule has 1 aliphatic rings. The highest BCUT2D eigenvalue weighted by Crippen LogP contribution is 2.16. The monoisotopic (exact) mass is 274 g/mol. The quantitative estimate of drug-likeness (QED) is 0.679. The number of carbonyl (C=O) groups excluding carboxylic acids is 1. The molecule has 1 saturated heterocycles. The van der Waals surface area contributed by atoms with Crippen molar-refractivity contribution in [2.75, 3.05) is 18.9 Å². The largest absolute Gasteiger partial charge is 0.399 e. The zero-order valence-corrected chi connectivity index (χ0v) is 12.1. The van der Waals surface area contributed by atoms with Crippen LogP contribution in [0.2, 0.25) is 0 Å². The molecule has 0 bridgehead atoms. The SMILES string of the molecule is CCC1COC(C)CN1C(=O)/C=C/c1cccc(N)c1. The van der Waals surface area contributed by atoms with E-state index in [0.29, 0.717) is 18.8 Å². The van der Waals surface area contributed by atoms with Crippen LogP contribution < -0.4 is 5.73 Å². The Labute approximate surface area is 120 Å². The Balaban J connectivity index is 2.06. The second-order valence-corrected chi connectivity index (χ2v) is 5.20. The summed E-state index contributed by atoms with van der Waals surface area (Å²) < 4.78 is 5.61. The number of ether oxygens (including phenoxy) is 1. The van der Waals surface area contributed by atoms with E-state index in [0.717, 1.165) is 12.0 Å². The van der Waals surface area contributed by atoms with Gasteiger partial charge in [-0.2, -0.15) is 0 Å². The highest BCUT2D eigenvalue weighted by atomic mass is 16.5. The summed E-state index contributed by atoms with van der Waals surface area (Å²) >= 11 is 0. The van der Waals surface area contributed by atoms with Gasteiger partial charge in [-0.1, -0.05) is 19.1 Å². The highest BCUT2D eigenvalue weighted by molar-refractivity contribution is 5.92. The van der Waals surface area contributed by atoms with Crippen LogP contribution in [0.5, 0.6) is 0 Å². The molecule has 0 radical (unpaired) electrons. The van der Waals surface area contributed by atoms with Crippen LogP contribution in [-0.4, -0.2) is 36.1 Å². The Hall–Kier alpha value is -1.81. The zero-order chi connectivity index (χ0) is 14.5. The van der Waals surface area contributed by atoms with Crippen LogP contribution in [0.4, 0.5) is 5.69 Å². The summed E-state index contributed by atoms with van der Waals surface area (Å²) in [6.07, 6.45) is 4.44. The molecule has 1 fully saturated rings. The number of anilines is 1. The fraction of sp³-hybridized carbons (Fsp3) is 0.438. The van der Waals surface area contributed by atoms with Crippen molar-refractivity contribution < 1.29 is 9.53 Å². The zero-order valence-electron chi connectivity index (χ0n) is 12.1. The van der Waals surface area contributed by atoms with Gasteiger partial charge in [0.15, 0.2) is 0 Å². The topological polar surface area (TPSA) is 55.6 Å². The maximum Gasteiger partial charge on any atom is 0.246 e. The Kier molecular flexibility index (Phi) is 4.79. The molecule has 0 aliphatic carbocycles. The maximum atomic E-state index is 12.3. The smallest absolute Gasteiger partial charge is 0.246 e. The predicted molar refractivity (Wildman–Crippen MR) is 81.1 cm³/mol. The Bertz CT molecular complexity index is 499. The minimum atomic E-state index is 0.0365. The van der Waals surface area contributed by atoms with Crippen molar-refractivity contribution in [2.24, 2.45) is 0 Å². The van der Waals surface area contributed by atoms with E-state index in [9.17, 15) is 4.79 Å². The molecule has 1 aliphatic heterocycles. The first-order valence-corrected chi connectivity index (χ1v) is 7.06. The summed E-state index contributed by atoms with van der Waals surface area (Å²) in [4.78, 5) is 14.2. The van der Waals surface area contributed by atoms with Crippen molar-refractivity contribution in [1.82, 2.24) is 4.90 Å². The molecule has 0 saturated carbocycles. The van der Waals surface area contributed by atoms with Crippen molar-refractivity contribution in [3.05, 3.63) is 35.9 Å². The lowest BCUT2D eigenvalue weighted by atomic mass is 10.1. The number of morpholine rings is 1. The van der Waals surface area contributed by atoms with E-state index < -0.39 is 0 Å². The molecular weight excluding hydrogens is 252 g/mol. The highest BCUT2D eigenvalue weighted by Gasteiger charge is 2.27. The standard InChI is InChI=1S/C16H22N2O2/c1-3-15-11-20-12(2)10-18(15)16(19)8-7-13-5-4-6-14(17)9-13/h4-9,12,15H,3,10-11,17H2,1-2H3/b8-7+. The number of hydrogen-bond donors (Lipinski definition) is 1. The molecule has 1 heterocycles. The number of amides is 1. The number of rotatable bonds is 3. The third-order valence-electron chi connectivity index (χ3n) is 3.55. The van der Waals surface area contributed by atoms with Crippen LogP contribution in [0.15, 0.2) is 30.3 Å². The molecule has 2 atom stereocenters. The van der Waals surface area contributed by atoms with Gasteiger partial charge in [0.2, 0.25) is 5.91 Å². The summed E-state index contributed by atoms with van der Waals surface area (Å²) in [6.45, 7) is 5.34. The summed E-state index contributed by atoms with van der Waals surface area (Å²) in [5.41, 5.74) is 7.36. The fourth-order valence-corrected chi connectivity index (χ4v) is 2.38. The number of benzene rings is 1. The van der Waals surface area contributed by atoms with Crippen molar-refractivity contribution >= 4 is 17.7 Å². The fourth-order valence-electron chi connectivity index (χ4n) is 2.38. The molecular formula is C16H22N2O2. The Morgan fingerprint density at radius 2 is 2.35 bits per heavy atom. The summed E-state index contributed by atoms with van der Waals surface area (Å²) in [5.74, 6) is 0.0365.